The molecular formula is C12H16F2N2O2S. The monoisotopic (exact) mass is 290 g/mol. The normalized spacial score (nSPS) is 25.5. The van der Waals surface area contributed by atoms with Crippen LogP contribution in [0, 0.1) is 11.6 Å². The highest BCUT2D eigenvalue weighted by molar-refractivity contribution is 7.89. The van der Waals surface area contributed by atoms with Gasteiger partial charge in [-0.05, 0) is 31.9 Å². The Morgan fingerprint density at radius 1 is 1.26 bits per heavy atom. The third-order valence-corrected chi connectivity index (χ3v) is 5.29. The third kappa shape index (κ3) is 2.93. The minimum atomic E-state index is -3.88. The summed E-state index contributed by atoms with van der Waals surface area (Å²) in [5.41, 5.74) is 5.78. The van der Waals surface area contributed by atoms with Gasteiger partial charge in [0.05, 0.1) is 4.90 Å². The number of piperidine rings is 1. The van der Waals surface area contributed by atoms with Crippen LogP contribution < -0.4 is 5.73 Å². The highest BCUT2D eigenvalue weighted by atomic mass is 32.2. The van der Waals surface area contributed by atoms with Gasteiger partial charge < -0.3 is 5.73 Å². The fourth-order valence-electron chi connectivity index (χ4n) is 2.36. The average molecular weight is 290 g/mol. The van der Waals surface area contributed by atoms with Gasteiger partial charge in [-0.25, -0.2) is 17.2 Å². The molecule has 0 amide bonds. The lowest BCUT2D eigenvalue weighted by Crippen LogP contribution is -2.48. The van der Waals surface area contributed by atoms with Gasteiger partial charge in [0.15, 0.2) is 0 Å². The van der Waals surface area contributed by atoms with Crippen LogP contribution in [0.25, 0.3) is 0 Å². The maximum absolute atomic E-state index is 13.1. The van der Waals surface area contributed by atoms with Crippen molar-refractivity contribution in [2.45, 2.75) is 36.7 Å². The van der Waals surface area contributed by atoms with Crippen molar-refractivity contribution in [1.82, 2.24) is 4.31 Å². The molecule has 0 unspecified atom stereocenters. The molecule has 4 nitrogen and oxygen atoms in total. The van der Waals surface area contributed by atoms with Crippen LogP contribution in [-0.2, 0) is 10.0 Å². The number of nitrogens with zero attached hydrogens (tertiary/aromatic N) is 1. The highest BCUT2D eigenvalue weighted by Crippen LogP contribution is 2.25. The molecule has 2 N–H and O–H groups in total. The molecule has 1 aliphatic rings. The van der Waals surface area contributed by atoms with Crippen molar-refractivity contribution in [3.8, 4) is 0 Å². The van der Waals surface area contributed by atoms with Crippen molar-refractivity contribution in [3.63, 3.8) is 0 Å². The zero-order valence-corrected chi connectivity index (χ0v) is 11.3. The van der Waals surface area contributed by atoms with E-state index >= 15 is 0 Å². The van der Waals surface area contributed by atoms with Gasteiger partial charge in [-0.3, -0.25) is 0 Å². The predicted molar refractivity (Wildman–Crippen MR) is 66.9 cm³/mol. The number of nitrogens with two attached hydrogens (primary N) is 1. The molecule has 1 heterocycles. The number of hydrogen-bond acceptors (Lipinski definition) is 3. The van der Waals surface area contributed by atoms with E-state index in [1.807, 2.05) is 0 Å². The van der Waals surface area contributed by atoms with E-state index in [2.05, 4.69) is 0 Å². The Hall–Kier alpha value is -1.05. The van der Waals surface area contributed by atoms with E-state index in [-0.39, 0.29) is 23.5 Å². The first-order chi connectivity index (χ1) is 8.80. The minimum absolute atomic E-state index is 0.0364. The Morgan fingerprint density at radius 3 is 2.37 bits per heavy atom. The number of rotatable bonds is 2. The van der Waals surface area contributed by atoms with Gasteiger partial charge >= 0.3 is 0 Å². The van der Waals surface area contributed by atoms with Gasteiger partial charge in [0, 0.05) is 24.7 Å². The molecule has 2 rings (SSSR count). The smallest absolute Gasteiger partial charge is 0.243 e. The fraction of sp³-hybridized carbons (Fsp3) is 0.500. The molecule has 106 valence electrons. The minimum Gasteiger partial charge on any atom is -0.328 e. The lowest BCUT2D eigenvalue weighted by Gasteiger charge is -2.35. The van der Waals surface area contributed by atoms with Gasteiger partial charge in [-0.15, -0.1) is 0 Å². The molecule has 0 bridgehead atoms. The van der Waals surface area contributed by atoms with Gasteiger partial charge in [-0.2, -0.15) is 4.31 Å². The Labute approximate surface area is 111 Å². The van der Waals surface area contributed by atoms with E-state index < -0.39 is 21.7 Å². The van der Waals surface area contributed by atoms with Gasteiger partial charge in [0.2, 0.25) is 10.0 Å². The van der Waals surface area contributed by atoms with E-state index in [0.29, 0.717) is 18.9 Å². The van der Waals surface area contributed by atoms with Gasteiger partial charge in [0.25, 0.3) is 0 Å². The Balaban J connectivity index is 2.36. The van der Waals surface area contributed by atoms with E-state index in [9.17, 15) is 17.2 Å². The molecule has 1 aromatic carbocycles. The summed E-state index contributed by atoms with van der Waals surface area (Å²) in [6.07, 6.45) is 1.08. The molecule has 1 fully saturated rings. The summed E-state index contributed by atoms with van der Waals surface area (Å²) in [5, 5.41) is 0. The number of halogens is 2. The molecule has 1 aromatic rings. The lowest BCUT2D eigenvalue weighted by atomic mass is 10.0. The van der Waals surface area contributed by atoms with Crippen LogP contribution in [0.1, 0.15) is 19.8 Å². The molecule has 0 spiro atoms. The van der Waals surface area contributed by atoms with Crippen LogP contribution in [-0.4, -0.2) is 31.4 Å². The molecule has 0 aromatic heterocycles. The van der Waals surface area contributed by atoms with Crippen molar-refractivity contribution in [1.29, 1.82) is 0 Å². The number of sulfonamides is 1. The van der Waals surface area contributed by atoms with Crippen LogP contribution in [0.15, 0.2) is 23.1 Å². The zero-order chi connectivity index (χ0) is 14.2. The summed E-state index contributed by atoms with van der Waals surface area (Å²) < 4.78 is 52.3. The number of benzene rings is 1. The Kier molecular flexibility index (Phi) is 3.89. The molecule has 2 atom stereocenters. The molecule has 1 aliphatic heterocycles. The first-order valence-corrected chi connectivity index (χ1v) is 7.48. The molecule has 7 heteroatoms. The standard InChI is InChI=1S/C12H16F2N2O2S/c1-8-4-11(15)2-3-16(8)19(17,18)12-6-9(13)5-10(14)7-12/h5-8,11H,2-4,15H2,1H3/t8-,11+/m1/s1. The molecular weight excluding hydrogens is 274 g/mol. The fourth-order valence-corrected chi connectivity index (χ4v) is 4.06. The largest absolute Gasteiger partial charge is 0.328 e. The molecule has 0 saturated carbocycles. The van der Waals surface area contributed by atoms with Gasteiger partial charge in [-0.1, -0.05) is 0 Å². The molecule has 1 saturated heterocycles. The number of hydrogen-bond donors (Lipinski definition) is 1. The Bertz CT molecular complexity index is 557. The van der Waals surface area contributed by atoms with Crippen molar-refractivity contribution in [2.24, 2.45) is 5.73 Å². The third-order valence-electron chi connectivity index (χ3n) is 3.30. The predicted octanol–water partition coefficient (Wildman–Crippen LogP) is 1.47. The Morgan fingerprint density at radius 2 is 1.84 bits per heavy atom. The summed E-state index contributed by atoms with van der Waals surface area (Å²) in [7, 11) is -3.88. The summed E-state index contributed by atoms with van der Waals surface area (Å²) in [5.74, 6) is -1.81. The second kappa shape index (κ2) is 5.15. The highest BCUT2D eigenvalue weighted by Gasteiger charge is 2.33. The van der Waals surface area contributed by atoms with Crippen molar-refractivity contribution >= 4 is 10.0 Å². The second-order valence-electron chi connectivity index (χ2n) is 4.85. The van der Waals surface area contributed by atoms with Crippen LogP contribution >= 0.6 is 0 Å². The van der Waals surface area contributed by atoms with E-state index in [0.717, 1.165) is 12.1 Å². The maximum Gasteiger partial charge on any atom is 0.243 e. The van der Waals surface area contributed by atoms with Crippen LogP contribution in [0.3, 0.4) is 0 Å². The van der Waals surface area contributed by atoms with Crippen LogP contribution in [0.4, 0.5) is 8.78 Å². The summed E-state index contributed by atoms with van der Waals surface area (Å²) in [6, 6.07) is 2.00. The van der Waals surface area contributed by atoms with E-state index in [1.165, 1.54) is 4.31 Å². The van der Waals surface area contributed by atoms with E-state index in [4.69, 9.17) is 5.73 Å². The lowest BCUT2D eigenvalue weighted by molar-refractivity contribution is 0.247. The van der Waals surface area contributed by atoms with Gasteiger partial charge in [0.1, 0.15) is 11.6 Å². The van der Waals surface area contributed by atoms with Crippen molar-refractivity contribution in [2.75, 3.05) is 6.54 Å². The van der Waals surface area contributed by atoms with Crippen LogP contribution in [0.2, 0.25) is 0 Å². The summed E-state index contributed by atoms with van der Waals surface area (Å²) in [6.45, 7) is 2.01. The summed E-state index contributed by atoms with van der Waals surface area (Å²) >= 11 is 0. The van der Waals surface area contributed by atoms with E-state index in [1.54, 1.807) is 6.92 Å². The SMILES string of the molecule is C[C@@H]1C[C@@H](N)CCN1S(=O)(=O)c1cc(F)cc(F)c1. The molecule has 0 radical (unpaired) electrons. The second-order valence-corrected chi connectivity index (χ2v) is 6.74. The molecule has 19 heavy (non-hydrogen) atoms. The first kappa shape index (κ1) is 14.4. The zero-order valence-electron chi connectivity index (χ0n) is 10.5. The maximum atomic E-state index is 13.1. The molecule has 0 aliphatic carbocycles. The van der Waals surface area contributed by atoms with Crippen LogP contribution in [0.5, 0.6) is 0 Å². The first-order valence-electron chi connectivity index (χ1n) is 6.04. The van der Waals surface area contributed by atoms with Crippen molar-refractivity contribution in [3.05, 3.63) is 29.8 Å². The van der Waals surface area contributed by atoms with Crippen molar-refractivity contribution < 1.29 is 17.2 Å². The topological polar surface area (TPSA) is 63.4 Å². The quantitative estimate of drug-likeness (QED) is 0.897. The average Bonchev–Trinajstić information content (AvgIpc) is 2.26. The summed E-state index contributed by atoms with van der Waals surface area (Å²) in [4.78, 5) is -0.354.